The molecule has 0 radical (unpaired) electrons. The minimum Gasteiger partial charge on any atom is -0.497 e. The Morgan fingerprint density at radius 3 is 2.60 bits per heavy atom. The van der Waals surface area contributed by atoms with Crippen molar-refractivity contribution in [3.05, 3.63) is 29.8 Å². The number of hydrogen-bond acceptors (Lipinski definition) is 3. The molecule has 1 amide bonds. The predicted octanol–water partition coefficient (Wildman–Crippen LogP) is 2.64. The summed E-state index contributed by atoms with van der Waals surface area (Å²) < 4.78 is 5.19. The standard InChI is InChI=1S/C16H26N2O2/c1-11(12-7-6-8-13(9-12)20-5)18-15(19)10-14(17)16(2,3)4/h6-9,11,14H,10,17H2,1-5H3,(H,18,19). The molecule has 0 saturated carbocycles. The van der Waals surface area contributed by atoms with Gasteiger partial charge in [-0.3, -0.25) is 4.79 Å². The fourth-order valence-corrected chi connectivity index (χ4v) is 1.80. The summed E-state index contributed by atoms with van der Waals surface area (Å²) in [4.78, 5) is 12.0. The van der Waals surface area contributed by atoms with Crippen molar-refractivity contribution in [3.8, 4) is 5.75 Å². The zero-order chi connectivity index (χ0) is 15.3. The normalized spacial score (nSPS) is 14.5. The average Bonchev–Trinajstić information content (AvgIpc) is 2.37. The van der Waals surface area contributed by atoms with Gasteiger partial charge in [0.05, 0.1) is 13.2 Å². The van der Waals surface area contributed by atoms with Crippen molar-refractivity contribution in [3.63, 3.8) is 0 Å². The summed E-state index contributed by atoms with van der Waals surface area (Å²) in [5.74, 6) is 0.762. The zero-order valence-electron chi connectivity index (χ0n) is 13.1. The molecule has 20 heavy (non-hydrogen) atoms. The molecule has 1 rings (SSSR count). The lowest BCUT2D eigenvalue weighted by atomic mass is 9.85. The molecule has 0 aliphatic carbocycles. The van der Waals surface area contributed by atoms with E-state index in [9.17, 15) is 4.79 Å². The van der Waals surface area contributed by atoms with E-state index in [0.29, 0.717) is 6.42 Å². The van der Waals surface area contributed by atoms with Gasteiger partial charge in [-0.1, -0.05) is 32.9 Å². The van der Waals surface area contributed by atoms with Crippen molar-refractivity contribution in [1.82, 2.24) is 5.32 Å². The Labute approximate surface area is 121 Å². The van der Waals surface area contributed by atoms with E-state index < -0.39 is 0 Å². The molecule has 0 fully saturated rings. The summed E-state index contributed by atoms with van der Waals surface area (Å²) in [6.45, 7) is 8.07. The molecule has 3 N–H and O–H groups in total. The van der Waals surface area contributed by atoms with Gasteiger partial charge in [-0.25, -0.2) is 0 Å². The number of carbonyl (C=O) groups is 1. The zero-order valence-corrected chi connectivity index (χ0v) is 13.1. The molecule has 4 nitrogen and oxygen atoms in total. The smallest absolute Gasteiger partial charge is 0.222 e. The number of benzene rings is 1. The Kier molecular flexibility index (Phi) is 5.57. The summed E-state index contributed by atoms with van der Waals surface area (Å²) in [6, 6.07) is 7.47. The third-order valence-corrected chi connectivity index (χ3v) is 3.49. The van der Waals surface area contributed by atoms with Crippen LogP contribution < -0.4 is 15.8 Å². The molecule has 0 spiro atoms. The van der Waals surface area contributed by atoms with Crippen molar-refractivity contribution in [2.24, 2.45) is 11.1 Å². The van der Waals surface area contributed by atoms with E-state index in [1.807, 2.05) is 52.0 Å². The molecule has 0 aliphatic heterocycles. The molecule has 2 unspecified atom stereocenters. The van der Waals surface area contributed by atoms with Gasteiger partial charge in [0, 0.05) is 12.5 Å². The Morgan fingerprint density at radius 1 is 1.40 bits per heavy atom. The van der Waals surface area contributed by atoms with Crippen LogP contribution in [-0.2, 0) is 4.79 Å². The number of ether oxygens (including phenoxy) is 1. The van der Waals surface area contributed by atoms with Crippen LogP contribution in [0.2, 0.25) is 0 Å². The highest BCUT2D eigenvalue weighted by Gasteiger charge is 2.23. The highest BCUT2D eigenvalue weighted by atomic mass is 16.5. The van der Waals surface area contributed by atoms with Gasteiger partial charge in [0.2, 0.25) is 5.91 Å². The van der Waals surface area contributed by atoms with Crippen molar-refractivity contribution < 1.29 is 9.53 Å². The lowest BCUT2D eigenvalue weighted by molar-refractivity contribution is -0.122. The number of amides is 1. The maximum Gasteiger partial charge on any atom is 0.222 e. The van der Waals surface area contributed by atoms with E-state index in [1.54, 1.807) is 7.11 Å². The van der Waals surface area contributed by atoms with E-state index in [-0.39, 0.29) is 23.4 Å². The van der Waals surface area contributed by atoms with Crippen LogP contribution in [0.25, 0.3) is 0 Å². The molecule has 0 aromatic heterocycles. The number of nitrogens with one attached hydrogen (secondary N) is 1. The quantitative estimate of drug-likeness (QED) is 0.870. The van der Waals surface area contributed by atoms with Crippen molar-refractivity contribution in [2.45, 2.75) is 46.2 Å². The summed E-state index contributed by atoms with van der Waals surface area (Å²) >= 11 is 0. The predicted molar refractivity (Wildman–Crippen MR) is 81.6 cm³/mol. The van der Waals surface area contributed by atoms with Gasteiger partial charge in [-0.05, 0) is 30.0 Å². The second kappa shape index (κ2) is 6.75. The van der Waals surface area contributed by atoms with Gasteiger partial charge in [0.25, 0.3) is 0 Å². The van der Waals surface area contributed by atoms with E-state index in [0.717, 1.165) is 11.3 Å². The Hall–Kier alpha value is -1.55. The maximum atomic E-state index is 12.0. The summed E-state index contributed by atoms with van der Waals surface area (Å²) in [7, 11) is 1.63. The first-order valence-electron chi connectivity index (χ1n) is 6.93. The van der Waals surface area contributed by atoms with Gasteiger partial charge in [-0.2, -0.15) is 0 Å². The molecule has 1 aromatic carbocycles. The van der Waals surface area contributed by atoms with Crippen molar-refractivity contribution >= 4 is 5.91 Å². The van der Waals surface area contributed by atoms with E-state index in [1.165, 1.54) is 0 Å². The first kappa shape index (κ1) is 16.5. The van der Waals surface area contributed by atoms with Crippen molar-refractivity contribution in [1.29, 1.82) is 0 Å². The number of carbonyl (C=O) groups excluding carboxylic acids is 1. The summed E-state index contributed by atoms with van der Waals surface area (Å²) in [5.41, 5.74) is 6.97. The molecule has 0 bridgehead atoms. The van der Waals surface area contributed by atoms with E-state index in [2.05, 4.69) is 5.32 Å². The first-order valence-corrected chi connectivity index (χ1v) is 6.93. The van der Waals surface area contributed by atoms with Gasteiger partial charge < -0.3 is 15.8 Å². The minimum atomic E-state index is -0.153. The number of hydrogen-bond donors (Lipinski definition) is 2. The first-order chi connectivity index (χ1) is 9.24. The number of methoxy groups -OCH3 is 1. The van der Waals surface area contributed by atoms with Crippen LogP contribution in [0.1, 0.15) is 45.7 Å². The van der Waals surface area contributed by atoms with Gasteiger partial charge in [0.1, 0.15) is 5.75 Å². The van der Waals surface area contributed by atoms with E-state index in [4.69, 9.17) is 10.5 Å². The Balaban J connectivity index is 2.61. The van der Waals surface area contributed by atoms with Crippen LogP contribution in [0, 0.1) is 5.41 Å². The number of nitrogens with two attached hydrogens (primary N) is 1. The van der Waals surface area contributed by atoms with Crippen LogP contribution in [0.15, 0.2) is 24.3 Å². The fourth-order valence-electron chi connectivity index (χ4n) is 1.80. The Bertz CT molecular complexity index is 452. The van der Waals surface area contributed by atoms with Crippen LogP contribution in [0.3, 0.4) is 0 Å². The highest BCUT2D eigenvalue weighted by Crippen LogP contribution is 2.21. The summed E-state index contributed by atoms with van der Waals surface area (Å²) in [6.07, 6.45) is 0.331. The third kappa shape index (κ3) is 4.85. The van der Waals surface area contributed by atoms with Crippen LogP contribution in [0.5, 0.6) is 5.75 Å². The fraction of sp³-hybridized carbons (Fsp3) is 0.562. The van der Waals surface area contributed by atoms with Gasteiger partial charge in [-0.15, -0.1) is 0 Å². The number of rotatable bonds is 5. The van der Waals surface area contributed by atoms with Crippen LogP contribution >= 0.6 is 0 Å². The Morgan fingerprint density at radius 2 is 2.05 bits per heavy atom. The molecular formula is C16H26N2O2. The molecule has 1 aromatic rings. The molecule has 0 heterocycles. The van der Waals surface area contributed by atoms with Crippen LogP contribution in [-0.4, -0.2) is 19.1 Å². The lowest BCUT2D eigenvalue weighted by Crippen LogP contribution is -2.40. The minimum absolute atomic E-state index is 0.0252. The maximum absolute atomic E-state index is 12.0. The monoisotopic (exact) mass is 278 g/mol. The molecule has 112 valence electrons. The van der Waals surface area contributed by atoms with E-state index >= 15 is 0 Å². The second-order valence-electron chi connectivity index (χ2n) is 6.24. The van der Waals surface area contributed by atoms with Gasteiger partial charge in [0.15, 0.2) is 0 Å². The SMILES string of the molecule is COc1cccc(C(C)NC(=O)CC(N)C(C)(C)C)c1. The highest BCUT2D eigenvalue weighted by molar-refractivity contribution is 5.77. The molecule has 0 saturated heterocycles. The van der Waals surface area contributed by atoms with Crippen LogP contribution in [0.4, 0.5) is 0 Å². The summed E-state index contributed by atoms with van der Waals surface area (Å²) in [5, 5.41) is 2.98. The molecular weight excluding hydrogens is 252 g/mol. The van der Waals surface area contributed by atoms with Crippen molar-refractivity contribution in [2.75, 3.05) is 7.11 Å². The average molecular weight is 278 g/mol. The largest absolute Gasteiger partial charge is 0.497 e. The molecule has 2 atom stereocenters. The lowest BCUT2D eigenvalue weighted by Gasteiger charge is -2.27. The topological polar surface area (TPSA) is 64.3 Å². The third-order valence-electron chi connectivity index (χ3n) is 3.49. The second-order valence-corrected chi connectivity index (χ2v) is 6.24. The van der Waals surface area contributed by atoms with Gasteiger partial charge >= 0.3 is 0 Å². The molecule has 4 heteroatoms. The molecule has 0 aliphatic rings.